The van der Waals surface area contributed by atoms with Crippen molar-refractivity contribution in [3.63, 3.8) is 0 Å². The second kappa shape index (κ2) is 9.24. The lowest BCUT2D eigenvalue weighted by Gasteiger charge is -2.23. The van der Waals surface area contributed by atoms with Crippen LogP contribution in [0.5, 0.6) is 5.75 Å². The average Bonchev–Trinajstić information content (AvgIpc) is 2.70. The Bertz CT molecular complexity index is 840. The number of rotatable bonds is 7. The summed E-state index contributed by atoms with van der Waals surface area (Å²) in [6, 6.07) is 25.2. The van der Waals surface area contributed by atoms with E-state index >= 15 is 0 Å². The van der Waals surface area contributed by atoms with E-state index in [0.717, 1.165) is 11.1 Å². The Morgan fingerprint density at radius 3 is 1.93 bits per heavy atom. The molecule has 0 aliphatic carbocycles. The van der Waals surface area contributed by atoms with Crippen molar-refractivity contribution in [1.29, 1.82) is 0 Å². The van der Waals surface area contributed by atoms with Crippen LogP contribution in [0.1, 0.15) is 28.4 Å². The minimum Gasteiger partial charge on any atom is -0.492 e. The number of nitrogens with zero attached hydrogens (tertiary/aromatic N) is 1. The van der Waals surface area contributed by atoms with Gasteiger partial charge in [0, 0.05) is 18.7 Å². The zero-order chi connectivity index (χ0) is 19.1. The normalized spacial score (nSPS) is 10.4. The van der Waals surface area contributed by atoms with Crippen LogP contribution in [0.2, 0.25) is 5.02 Å². The molecule has 0 saturated carbocycles. The molecule has 3 aromatic rings. The lowest BCUT2D eigenvalue weighted by atomic mass is 10.1. The van der Waals surface area contributed by atoms with Gasteiger partial charge in [-0.1, -0.05) is 72.3 Å². The Kier molecular flexibility index (Phi) is 6.50. The van der Waals surface area contributed by atoms with Crippen LogP contribution in [0.3, 0.4) is 0 Å². The molecule has 0 heterocycles. The third-order valence-electron chi connectivity index (χ3n) is 4.20. The van der Waals surface area contributed by atoms with Crippen molar-refractivity contribution in [2.45, 2.75) is 20.0 Å². The van der Waals surface area contributed by atoms with Crippen LogP contribution in [0.25, 0.3) is 0 Å². The van der Waals surface area contributed by atoms with Crippen molar-refractivity contribution < 1.29 is 9.53 Å². The van der Waals surface area contributed by atoms with E-state index in [1.54, 1.807) is 18.2 Å². The van der Waals surface area contributed by atoms with Gasteiger partial charge in [0.2, 0.25) is 0 Å². The van der Waals surface area contributed by atoms with Crippen LogP contribution >= 0.6 is 11.6 Å². The van der Waals surface area contributed by atoms with Gasteiger partial charge >= 0.3 is 0 Å². The third kappa shape index (κ3) is 5.11. The third-order valence-corrected chi connectivity index (χ3v) is 4.49. The number of carbonyl (C=O) groups is 1. The summed E-state index contributed by atoms with van der Waals surface area (Å²) in [6.45, 7) is 3.48. The molecule has 0 spiro atoms. The van der Waals surface area contributed by atoms with Crippen LogP contribution in [0.15, 0.2) is 78.9 Å². The molecule has 3 rings (SSSR count). The molecule has 27 heavy (non-hydrogen) atoms. The van der Waals surface area contributed by atoms with Crippen LogP contribution in [-0.2, 0) is 13.1 Å². The van der Waals surface area contributed by atoms with E-state index < -0.39 is 0 Å². The SMILES string of the molecule is CCOc1ccc(C(=O)N(Cc2ccccc2)Cc2ccccc2)cc1Cl. The summed E-state index contributed by atoms with van der Waals surface area (Å²) in [7, 11) is 0. The average molecular weight is 380 g/mol. The van der Waals surface area contributed by atoms with Gasteiger partial charge in [0.15, 0.2) is 0 Å². The predicted molar refractivity (Wildman–Crippen MR) is 109 cm³/mol. The molecule has 1 amide bonds. The highest BCUT2D eigenvalue weighted by Gasteiger charge is 2.18. The monoisotopic (exact) mass is 379 g/mol. The van der Waals surface area contributed by atoms with Gasteiger partial charge in [0.25, 0.3) is 5.91 Å². The minimum absolute atomic E-state index is 0.0624. The molecule has 0 radical (unpaired) electrons. The summed E-state index contributed by atoms with van der Waals surface area (Å²) >= 11 is 6.28. The molecule has 0 aliphatic rings. The molecule has 0 unspecified atom stereocenters. The van der Waals surface area contributed by atoms with Gasteiger partial charge in [-0.05, 0) is 36.2 Å². The largest absolute Gasteiger partial charge is 0.492 e. The molecule has 0 N–H and O–H groups in total. The summed E-state index contributed by atoms with van der Waals surface area (Å²) < 4.78 is 5.47. The molecule has 0 bridgehead atoms. The second-order valence-corrected chi connectivity index (χ2v) is 6.62. The van der Waals surface area contributed by atoms with Crippen molar-refractivity contribution >= 4 is 17.5 Å². The van der Waals surface area contributed by atoms with Crippen molar-refractivity contribution in [2.75, 3.05) is 6.61 Å². The van der Waals surface area contributed by atoms with Crippen LogP contribution < -0.4 is 4.74 Å². The van der Waals surface area contributed by atoms with Crippen molar-refractivity contribution in [3.8, 4) is 5.75 Å². The number of benzene rings is 3. The predicted octanol–water partition coefficient (Wildman–Crippen LogP) is 5.58. The lowest BCUT2D eigenvalue weighted by Crippen LogP contribution is -2.30. The van der Waals surface area contributed by atoms with Crippen molar-refractivity contribution in [3.05, 3.63) is 101 Å². The molecule has 3 aromatic carbocycles. The molecule has 0 aromatic heterocycles. The Hall–Kier alpha value is -2.78. The van der Waals surface area contributed by atoms with Crippen molar-refractivity contribution in [2.24, 2.45) is 0 Å². The maximum Gasteiger partial charge on any atom is 0.254 e. The molecule has 0 atom stereocenters. The first-order valence-corrected chi connectivity index (χ1v) is 9.34. The number of hydrogen-bond acceptors (Lipinski definition) is 2. The van der Waals surface area contributed by atoms with Gasteiger partial charge < -0.3 is 9.64 Å². The summed E-state index contributed by atoms with van der Waals surface area (Å²) in [5.74, 6) is 0.529. The van der Waals surface area contributed by atoms with Crippen LogP contribution in [0.4, 0.5) is 0 Å². The Morgan fingerprint density at radius 2 is 1.44 bits per heavy atom. The Balaban J connectivity index is 1.86. The van der Waals surface area contributed by atoms with Gasteiger partial charge in [-0.15, -0.1) is 0 Å². The standard InChI is InChI=1S/C23H22ClNO2/c1-2-27-22-14-13-20(15-21(22)24)23(26)25(16-18-9-5-3-6-10-18)17-19-11-7-4-8-12-19/h3-15H,2,16-17H2,1H3. The fourth-order valence-corrected chi connectivity index (χ4v) is 3.13. The van der Waals surface area contributed by atoms with E-state index in [2.05, 4.69) is 0 Å². The smallest absolute Gasteiger partial charge is 0.254 e. The summed E-state index contributed by atoms with van der Waals surface area (Å²) in [6.07, 6.45) is 0. The number of halogens is 1. The van der Waals surface area contributed by atoms with E-state index in [-0.39, 0.29) is 5.91 Å². The maximum absolute atomic E-state index is 13.2. The van der Waals surface area contributed by atoms with Gasteiger partial charge in [-0.2, -0.15) is 0 Å². The van der Waals surface area contributed by atoms with E-state index in [1.165, 1.54) is 0 Å². The van der Waals surface area contributed by atoms with Crippen LogP contribution in [0, 0.1) is 0 Å². The van der Waals surface area contributed by atoms with Gasteiger partial charge in [-0.25, -0.2) is 0 Å². The maximum atomic E-state index is 13.2. The first-order chi connectivity index (χ1) is 13.2. The van der Waals surface area contributed by atoms with Gasteiger partial charge in [0.05, 0.1) is 11.6 Å². The molecule has 0 aliphatic heterocycles. The molecular formula is C23H22ClNO2. The van der Waals surface area contributed by atoms with Gasteiger partial charge in [0.1, 0.15) is 5.75 Å². The fourth-order valence-electron chi connectivity index (χ4n) is 2.90. The summed E-state index contributed by atoms with van der Waals surface area (Å²) in [4.78, 5) is 15.0. The number of carbonyl (C=O) groups excluding carboxylic acids is 1. The van der Waals surface area contributed by atoms with E-state index in [0.29, 0.717) is 36.0 Å². The lowest BCUT2D eigenvalue weighted by molar-refractivity contribution is 0.0730. The summed E-state index contributed by atoms with van der Waals surface area (Å²) in [5.41, 5.74) is 2.72. The highest BCUT2D eigenvalue weighted by molar-refractivity contribution is 6.32. The first-order valence-electron chi connectivity index (χ1n) is 8.97. The minimum atomic E-state index is -0.0624. The quantitative estimate of drug-likeness (QED) is 0.536. The molecule has 138 valence electrons. The van der Waals surface area contributed by atoms with E-state index in [4.69, 9.17) is 16.3 Å². The van der Waals surface area contributed by atoms with E-state index in [9.17, 15) is 4.79 Å². The molecular weight excluding hydrogens is 358 g/mol. The zero-order valence-corrected chi connectivity index (χ0v) is 16.0. The van der Waals surface area contributed by atoms with Crippen LogP contribution in [-0.4, -0.2) is 17.4 Å². The van der Waals surface area contributed by atoms with E-state index in [1.807, 2.05) is 72.5 Å². The molecule has 4 heteroatoms. The fraction of sp³-hybridized carbons (Fsp3) is 0.174. The number of ether oxygens (including phenoxy) is 1. The summed E-state index contributed by atoms with van der Waals surface area (Å²) in [5, 5.41) is 0.446. The number of hydrogen-bond donors (Lipinski definition) is 0. The first kappa shape index (κ1) is 19.0. The Morgan fingerprint density at radius 1 is 0.889 bits per heavy atom. The van der Waals surface area contributed by atoms with Gasteiger partial charge in [-0.3, -0.25) is 4.79 Å². The highest BCUT2D eigenvalue weighted by Crippen LogP contribution is 2.26. The highest BCUT2D eigenvalue weighted by atomic mass is 35.5. The number of amides is 1. The molecule has 0 saturated heterocycles. The zero-order valence-electron chi connectivity index (χ0n) is 15.3. The topological polar surface area (TPSA) is 29.5 Å². The van der Waals surface area contributed by atoms with Crippen molar-refractivity contribution in [1.82, 2.24) is 4.90 Å². The molecule has 3 nitrogen and oxygen atoms in total. The molecule has 0 fully saturated rings. The second-order valence-electron chi connectivity index (χ2n) is 6.21. The Labute approximate surface area is 165 Å².